The Kier molecular flexibility index (Phi) is 6.79. The highest BCUT2D eigenvalue weighted by Crippen LogP contribution is 2.16. The number of aliphatic imine (C=N–C) groups is 1. The van der Waals surface area contributed by atoms with Gasteiger partial charge in [-0.3, -0.25) is 14.8 Å². The van der Waals surface area contributed by atoms with E-state index in [1.54, 1.807) is 26.0 Å². The second-order valence-electron chi connectivity index (χ2n) is 6.99. The smallest absolute Gasteiger partial charge is 0.253 e. The highest BCUT2D eigenvalue weighted by molar-refractivity contribution is 5.93. The minimum absolute atomic E-state index is 0.00455. The van der Waals surface area contributed by atoms with Crippen LogP contribution >= 0.6 is 0 Å². The average molecular weight is 390 g/mol. The van der Waals surface area contributed by atoms with Gasteiger partial charge in [-0.1, -0.05) is 36.4 Å². The summed E-state index contributed by atoms with van der Waals surface area (Å²) in [5, 5.41) is 7.81. The lowest BCUT2D eigenvalue weighted by atomic mass is 10.1. The van der Waals surface area contributed by atoms with Crippen molar-refractivity contribution in [1.29, 1.82) is 0 Å². The summed E-state index contributed by atoms with van der Waals surface area (Å²) in [6.07, 6.45) is 2.69. The number of guanidine groups is 1. The molecule has 0 aliphatic carbocycles. The molecule has 2 N–H and O–H groups in total. The maximum absolute atomic E-state index is 12.0. The molecule has 1 amide bonds. The zero-order chi connectivity index (χ0) is 20.6. The molecule has 1 heterocycles. The second kappa shape index (κ2) is 9.68. The standard InChI is InChI=1S/C23H27N5O/c1-24-23(27-16-17-9-11-20(12-10-17)22(29)28(2)3)26-15-13-19-7-4-6-18-8-5-14-25-21(18)19/h4-12,14H,13,15-16H2,1-3H3,(H2,24,26,27). The molecule has 0 spiro atoms. The van der Waals surface area contributed by atoms with E-state index in [1.807, 2.05) is 36.5 Å². The van der Waals surface area contributed by atoms with Crippen LogP contribution in [-0.2, 0) is 13.0 Å². The summed E-state index contributed by atoms with van der Waals surface area (Å²) in [6, 6.07) is 17.9. The van der Waals surface area contributed by atoms with Gasteiger partial charge < -0.3 is 15.5 Å². The van der Waals surface area contributed by atoms with E-state index in [2.05, 4.69) is 44.9 Å². The van der Waals surface area contributed by atoms with Gasteiger partial charge >= 0.3 is 0 Å². The Bertz CT molecular complexity index is 990. The molecule has 2 aromatic carbocycles. The van der Waals surface area contributed by atoms with Crippen molar-refractivity contribution < 1.29 is 4.79 Å². The summed E-state index contributed by atoms with van der Waals surface area (Å²) in [4.78, 5) is 22.3. The third-order valence-electron chi connectivity index (χ3n) is 4.69. The maximum Gasteiger partial charge on any atom is 0.253 e. The van der Waals surface area contributed by atoms with Crippen molar-refractivity contribution in [3.63, 3.8) is 0 Å². The summed E-state index contributed by atoms with van der Waals surface area (Å²) in [6.45, 7) is 1.39. The average Bonchev–Trinajstić information content (AvgIpc) is 2.76. The molecular formula is C23H27N5O. The number of carbonyl (C=O) groups is 1. The van der Waals surface area contributed by atoms with Crippen molar-refractivity contribution in [2.45, 2.75) is 13.0 Å². The molecule has 0 saturated carbocycles. The van der Waals surface area contributed by atoms with Crippen molar-refractivity contribution >= 4 is 22.8 Å². The van der Waals surface area contributed by atoms with Gasteiger partial charge in [0.2, 0.25) is 0 Å². The Morgan fingerprint density at radius 2 is 1.79 bits per heavy atom. The van der Waals surface area contributed by atoms with Gasteiger partial charge in [0.25, 0.3) is 5.91 Å². The highest BCUT2D eigenvalue weighted by atomic mass is 16.2. The predicted molar refractivity (Wildman–Crippen MR) is 118 cm³/mol. The molecule has 0 bridgehead atoms. The summed E-state index contributed by atoms with van der Waals surface area (Å²) >= 11 is 0. The monoisotopic (exact) mass is 389 g/mol. The number of nitrogens with one attached hydrogen (secondary N) is 2. The first-order chi connectivity index (χ1) is 14.1. The quantitative estimate of drug-likeness (QED) is 0.502. The molecule has 3 rings (SSSR count). The summed E-state index contributed by atoms with van der Waals surface area (Å²) in [7, 11) is 5.26. The fourth-order valence-electron chi connectivity index (χ4n) is 3.11. The number of hydrogen-bond donors (Lipinski definition) is 2. The van der Waals surface area contributed by atoms with E-state index >= 15 is 0 Å². The number of nitrogens with zero attached hydrogens (tertiary/aromatic N) is 3. The number of pyridine rings is 1. The van der Waals surface area contributed by atoms with Gasteiger partial charge in [-0.2, -0.15) is 0 Å². The lowest BCUT2D eigenvalue weighted by molar-refractivity contribution is 0.0827. The fraction of sp³-hybridized carbons (Fsp3) is 0.261. The molecule has 0 fully saturated rings. The molecule has 0 unspecified atom stereocenters. The van der Waals surface area contributed by atoms with Crippen molar-refractivity contribution in [3.8, 4) is 0 Å². The van der Waals surface area contributed by atoms with E-state index in [0.29, 0.717) is 12.1 Å². The minimum atomic E-state index is 0.00455. The van der Waals surface area contributed by atoms with Gasteiger partial charge in [-0.05, 0) is 35.7 Å². The minimum Gasteiger partial charge on any atom is -0.356 e. The van der Waals surface area contributed by atoms with Gasteiger partial charge in [0.05, 0.1) is 5.52 Å². The molecule has 0 saturated heterocycles. The van der Waals surface area contributed by atoms with E-state index in [0.717, 1.165) is 35.4 Å². The second-order valence-corrected chi connectivity index (χ2v) is 6.99. The van der Waals surface area contributed by atoms with E-state index in [4.69, 9.17) is 0 Å². The summed E-state index contributed by atoms with van der Waals surface area (Å²) in [5.41, 5.74) is 4.03. The first-order valence-corrected chi connectivity index (χ1v) is 9.66. The first-order valence-electron chi connectivity index (χ1n) is 9.66. The number of rotatable bonds is 6. The molecule has 0 aliphatic rings. The van der Waals surface area contributed by atoms with Gasteiger partial charge in [0.1, 0.15) is 0 Å². The number of para-hydroxylation sites is 1. The third kappa shape index (κ3) is 5.31. The van der Waals surface area contributed by atoms with Crippen LogP contribution in [0.1, 0.15) is 21.5 Å². The molecule has 3 aromatic rings. The Morgan fingerprint density at radius 1 is 1.03 bits per heavy atom. The zero-order valence-electron chi connectivity index (χ0n) is 17.1. The Labute approximate surface area is 171 Å². The summed E-state index contributed by atoms with van der Waals surface area (Å²) in [5.74, 6) is 0.747. The summed E-state index contributed by atoms with van der Waals surface area (Å²) < 4.78 is 0. The van der Waals surface area contributed by atoms with Crippen molar-refractivity contribution in [2.24, 2.45) is 4.99 Å². The number of carbonyl (C=O) groups excluding carboxylic acids is 1. The lowest BCUT2D eigenvalue weighted by Crippen LogP contribution is -2.37. The SMILES string of the molecule is CN=C(NCCc1cccc2cccnc12)NCc1ccc(C(=O)N(C)C)cc1. The fourth-order valence-corrected chi connectivity index (χ4v) is 3.11. The predicted octanol–water partition coefficient (Wildman–Crippen LogP) is 2.84. The van der Waals surface area contributed by atoms with Gasteiger partial charge in [0.15, 0.2) is 5.96 Å². The van der Waals surface area contributed by atoms with Gasteiger partial charge in [-0.25, -0.2) is 0 Å². The molecule has 0 radical (unpaired) electrons. The molecule has 6 nitrogen and oxygen atoms in total. The number of benzene rings is 2. The molecular weight excluding hydrogens is 362 g/mol. The van der Waals surface area contributed by atoms with Gasteiger partial charge in [0, 0.05) is 51.4 Å². The Balaban J connectivity index is 1.51. The van der Waals surface area contributed by atoms with Crippen molar-refractivity contribution in [3.05, 3.63) is 77.5 Å². The van der Waals surface area contributed by atoms with Crippen LogP contribution in [0.3, 0.4) is 0 Å². The topological polar surface area (TPSA) is 69.6 Å². The largest absolute Gasteiger partial charge is 0.356 e. The normalized spacial score (nSPS) is 11.3. The van der Waals surface area contributed by atoms with Crippen LogP contribution in [0.25, 0.3) is 10.9 Å². The molecule has 150 valence electrons. The van der Waals surface area contributed by atoms with E-state index in [1.165, 1.54) is 5.56 Å². The number of fused-ring (bicyclic) bond motifs is 1. The number of amides is 1. The Morgan fingerprint density at radius 3 is 2.52 bits per heavy atom. The molecule has 29 heavy (non-hydrogen) atoms. The zero-order valence-corrected chi connectivity index (χ0v) is 17.1. The van der Waals surface area contributed by atoms with Crippen LogP contribution in [-0.4, -0.2) is 49.4 Å². The third-order valence-corrected chi connectivity index (χ3v) is 4.69. The van der Waals surface area contributed by atoms with Crippen LogP contribution < -0.4 is 10.6 Å². The highest BCUT2D eigenvalue weighted by Gasteiger charge is 2.07. The van der Waals surface area contributed by atoms with Crippen LogP contribution in [0.4, 0.5) is 0 Å². The maximum atomic E-state index is 12.0. The van der Waals surface area contributed by atoms with E-state index in [-0.39, 0.29) is 5.91 Å². The van der Waals surface area contributed by atoms with Crippen LogP contribution in [0.5, 0.6) is 0 Å². The van der Waals surface area contributed by atoms with Crippen LogP contribution in [0, 0.1) is 0 Å². The molecule has 6 heteroatoms. The van der Waals surface area contributed by atoms with Gasteiger partial charge in [-0.15, -0.1) is 0 Å². The first kappa shape index (κ1) is 20.3. The molecule has 0 aliphatic heterocycles. The Hall–Kier alpha value is -3.41. The van der Waals surface area contributed by atoms with Crippen LogP contribution in [0.2, 0.25) is 0 Å². The van der Waals surface area contributed by atoms with Crippen molar-refractivity contribution in [2.75, 3.05) is 27.7 Å². The number of aromatic nitrogens is 1. The van der Waals surface area contributed by atoms with Crippen LogP contribution in [0.15, 0.2) is 65.8 Å². The van der Waals surface area contributed by atoms with Crippen molar-refractivity contribution in [1.82, 2.24) is 20.5 Å². The lowest BCUT2D eigenvalue weighted by Gasteiger charge is -2.13. The number of hydrogen-bond acceptors (Lipinski definition) is 3. The molecule has 0 atom stereocenters. The molecule has 1 aromatic heterocycles. The van der Waals surface area contributed by atoms with E-state index in [9.17, 15) is 4.79 Å². The van der Waals surface area contributed by atoms with E-state index < -0.39 is 0 Å².